The Morgan fingerprint density at radius 3 is 2.30 bits per heavy atom. The van der Waals surface area contributed by atoms with Crippen LogP contribution in [0, 0.1) is 29.5 Å². The summed E-state index contributed by atoms with van der Waals surface area (Å²) in [6, 6.07) is 12.0. The third-order valence-corrected chi connectivity index (χ3v) is 7.77. The molecule has 4 aliphatic rings. The number of aliphatic hydroxyl groups excluding tert-OH is 1. The molecule has 5 rings (SSSR count). The maximum Gasteiger partial charge on any atom is 0.168 e. The number of benzene rings is 1. The van der Waals surface area contributed by atoms with Gasteiger partial charge in [0.15, 0.2) is 5.78 Å². The van der Waals surface area contributed by atoms with Gasteiger partial charge in [0.2, 0.25) is 0 Å². The zero-order valence-corrected chi connectivity index (χ0v) is 22.8. The van der Waals surface area contributed by atoms with Gasteiger partial charge in [0.05, 0.1) is 0 Å². The molecule has 1 unspecified atom stereocenters. The number of ketones is 1. The molecule has 3 aliphatic carbocycles. The molecule has 0 aromatic heterocycles. The SMILES string of the molecule is CC1(C)CCC2CCC(C)(C)C(O)=C2C1=O.[Ir].[c-]1ccccc1N1C=CN(C2CCCC2)[CH-]1. The van der Waals surface area contributed by atoms with Crippen LogP contribution in [0.3, 0.4) is 0 Å². The molecule has 2 saturated carbocycles. The first-order valence-electron chi connectivity index (χ1n) is 12.2. The van der Waals surface area contributed by atoms with Crippen LogP contribution in [-0.2, 0) is 24.9 Å². The number of rotatable bonds is 2. The minimum Gasteiger partial charge on any atom is -0.511 e. The van der Waals surface area contributed by atoms with Gasteiger partial charge in [-0.1, -0.05) is 40.5 Å². The third kappa shape index (κ3) is 5.57. The first-order valence-corrected chi connectivity index (χ1v) is 12.2. The summed E-state index contributed by atoms with van der Waals surface area (Å²) in [5.74, 6) is 0.851. The van der Waals surface area contributed by atoms with E-state index in [2.05, 4.69) is 41.0 Å². The summed E-state index contributed by atoms with van der Waals surface area (Å²) < 4.78 is 0. The fourth-order valence-electron chi connectivity index (χ4n) is 5.43. The number of para-hydroxylation sites is 1. The van der Waals surface area contributed by atoms with Crippen LogP contribution in [0.4, 0.5) is 5.69 Å². The Hall–Kier alpha value is -1.58. The normalized spacial score (nSPS) is 25.9. The van der Waals surface area contributed by atoms with Gasteiger partial charge in [-0.05, 0) is 56.8 Å². The Balaban J connectivity index is 0.000000180. The van der Waals surface area contributed by atoms with Crippen molar-refractivity contribution >= 4 is 11.5 Å². The number of anilines is 1. The van der Waals surface area contributed by atoms with Crippen LogP contribution in [0.1, 0.15) is 79.1 Å². The third-order valence-electron chi connectivity index (χ3n) is 7.77. The van der Waals surface area contributed by atoms with Crippen LogP contribution >= 0.6 is 0 Å². The van der Waals surface area contributed by atoms with Crippen molar-refractivity contribution in [2.75, 3.05) is 4.90 Å². The van der Waals surface area contributed by atoms with E-state index < -0.39 is 0 Å². The van der Waals surface area contributed by atoms with Gasteiger partial charge in [0.1, 0.15) is 5.76 Å². The van der Waals surface area contributed by atoms with E-state index in [4.69, 9.17) is 0 Å². The van der Waals surface area contributed by atoms with Crippen molar-refractivity contribution in [1.29, 1.82) is 0 Å². The van der Waals surface area contributed by atoms with E-state index in [1.165, 1.54) is 25.7 Å². The van der Waals surface area contributed by atoms with Crippen LogP contribution < -0.4 is 4.90 Å². The smallest absolute Gasteiger partial charge is 0.168 e. The van der Waals surface area contributed by atoms with Crippen molar-refractivity contribution in [3.63, 3.8) is 0 Å². The summed E-state index contributed by atoms with van der Waals surface area (Å²) in [5, 5.41) is 10.3. The standard InChI is InChI=1S/C14H16N2.C14H22O2.Ir/c1-2-6-13(7-3-1)15-10-11-16(12-15)14-8-4-5-9-14;1-13(2)7-5-9-6-8-14(3,4)12(16)10(9)11(13)15;/h1-3,6,10-12,14H,4-5,8-9H2;9,15H,5-8H2,1-4H3;/q-2;;. The van der Waals surface area contributed by atoms with Crippen LogP contribution in [0.2, 0.25) is 0 Å². The molecular weight excluding hydrogens is 589 g/mol. The number of hydrogen-bond acceptors (Lipinski definition) is 4. The summed E-state index contributed by atoms with van der Waals surface area (Å²) in [5.41, 5.74) is 1.36. The molecule has 1 aromatic carbocycles. The number of hydrogen-bond donors (Lipinski definition) is 1. The first-order chi connectivity index (χ1) is 15.2. The summed E-state index contributed by atoms with van der Waals surface area (Å²) >= 11 is 0. The number of carbonyl (C=O) groups is 1. The molecule has 183 valence electrons. The average molecular weight is 627 g/mol. The Bertz CT molecular complexity index is 884. The van der Waals surface area contributed by atoms with Crippen molar-refractivity contribution in [2.24, 2.45) is 16.7 Å². The van der Waals surface area contributed by atoms with Crippen molar-refractivity contribution in [3.8, 4) is 0 Å². The van der Waals surface area contributed by atoms with Gasteiger partial charge >= 0.3 is 0 Å². The number of carbonyl (C=O) groups excluding carboxylic acids is 1. The van der Waals surface area contributed by atoms with E-state index >= 15 is 0 Å². The molecule has 0 spiro atoms. The zero-order chi connectivity index (χ0) is 22.9. The topological polar surface area (TPSA) is 43.8 Å². The van der Waals surface area contributed by atoms with Gasteiger partial charge in [0.25, 0.3) is 0 Å². The van der Waals surface area contributed by atoms with E-state index in [-0.39, 0.29) is 36.7 Å². The fraction of sp³-hybridized carbons (Fsp3) is 0.571. The van der Waals surface area contributed by atoms with E-state index in [0.29, 0.717) is 17.7 Å². The number of Topliss-reactive ketones (excluding diaryl/α,β-unsaturated/α-hetero) is 1. The minimum absolute atomic E-state index is 0. The second-order valence-electron chi connectivity index (χ2n) is 11.1. The van der Waals surface area contributed by atoms with Gasteiger partial charge < -0.3 is 14.9 Å². The van der Waals surface area contributed by atoms with E-state index in [9.17, 15) is 9.90 Å². The molecule has 0 amide bonds. The predicted molar refractivity (Wildman–Crippen MR) is 129 cm³/mol. The molecule has 0 saturated heterocycles. The van der Waals surface area contributed by atoms with Gasteiger partial charge in [-0.3, -0.25) is 4.79 Å². The van der Waals surface area contributed by atoms with E-state index in [0.717, 1.165) is 36.9 Å². The van der Waals surface area contributed by atoms with Gasteiger partial charge in [-0.15, -0.1) is 5.69 Å². The van der Waals surface area contributed by atoms with Crippen molar-refractivity contribution < 1.29 is 30.0 Å². The fourth-order valence-corrected chi connectivity index (χ4v) is 5.43. The summed E-state index contributed by atoms with van der Waals surface area (Å²) in [4.78, 5) is 16.8. The molecule has 1 aromatic rings. The van der Waals surface area contributed by atoms with Gasteiger partial charge in [-0.2, -0.15) is 37.0 Å². The molecule has 1 heterocycles. The Morgan fingerprint density at radius 2 is 1.67 bits per heavy atom. The van der Waals surface area contributed by atoms with Crippen molar-refractivity contribution in [2.45, 2.75) is 85.1 Å². The molecule has 5 heteroatoms. The van der Waals surface area contributed by atoms with Crippen LogP contribution in [0.15, 0.2) is 48.0 Å². The maximum absolute atomic E-state index is 12.4. The molecule has 1 N–H and O–H groups in total. The van der Waals surface area contributed by atoms with Gasteiger partial charge in [-0.25, -0.2) is 0 Å². The Kier molecular flexibility index (Phi) is 8.17. The summed E-state index contributed by atoms with van der Waals surface area (Å²) in [6.45, 7) is 10.2. The number of fused-ring (bicyclic) bond motifs is 1. The minimum atomic E-state index is -0.284. The number of allylic oxidation sites excluding steroid dienone is 2. The second-order valence-corrected chi connectivity index (χ2v) is 11.1. The number of nitrogens with zero attached hydrogens (tertiary/aromatic N) is 2. The Labute approximate surface area is 213 Å². The van der Waals surface area contributed by atoms with Crippen molar-refractivity contribution in [1.82, 2.24) is 4.90 Å². The maximum atomic E-state index is 12.4. The quantitative estimate of drug-likeness (QED) is 0.369. The molecule has 4 nitrogen and oxygen atoms in total. The largest absolute Gasteiger partial charge is 0.511 e. The summed E-state index contributed by atoms with van der Waals surface area (Å²) in [7, 11) is 0. The van der Waals surface area contributed by atoms with Crippen LogP contribution in [0.25, 0.3) is 0 Å². The Morgan fingerprint density at radius 1 is 1.00 bits per heavy atom. The molecule has 1 radical (unpaired) electrons. The molecule has 0 bridgehead atoms. The average Bonchev–Trinajstić information content (AvgIpc) is 3.47. The van der Waals surface area contributed by atoms with E-state index in [1.54, 1.807) is 0 Å². The molecule has 33 heavy (non-hydrogen) atoms. The zero-order valence-electron chi connectivity index (χ0n) is 20.4. The van der Waals surface area contributed by atoms with Crippen molar-refractivity contribution in [3.05, 3.63) is 60.7 Å². The van der Waals surface area contributed by atoms with Gasteiger partial charge in [0, 0.05) is 42.6 Å². The number of aliphatic hydroxyl groups is 1. The predicted octanol–water partition coefficient (Wildman–Crippen LogP) is 6.76. The van der Waals surface area contributed by atoms with Crippen LogP contribution in [0.5, 0.6) is 0 Å². The summed E-state index contributed by atoms with van der Waals surface area (Å²) in [6.07, 6.45) is 13.7. The van der Waals surface area contributed by atoms with Crippen LogP contribution in [-0.4, -0.2) is 21.8 Å². The first kappa shape index (κ1) is 26.0. The molecule has 2 fully saturated rings. The monoisotopic (exact) mass is 627 g/mol. The molecular formula is C28H38IrN2O2-2. The second kappa shape index (κ2) is 10.4. The van der Waals surface area contributed by atoms with E-state index in [1.807, 2.05) is 45.9 Å². The molecule has 1 atom stereocenters. The molecule has 1 aliphatic heterocycles.